The molecule has 1 saturated heterocycles. The molecule has 1 heterocycles. The van der Waals surface area contributed by atoms with E-state index < -0.39 is 10.0 Å². The van der Waals surface area contributed by atoms with Gasteiger partial charge in [0.25, 0.3) is 0 Å². The molecule has 0 amide bonds. The summed E-state index contributed by atoms with van der Waals surface area (Å²) in [4.78, 5) is 0.164. The van der Waals surface area contributed by atoms with E-state index in [1.807, 2.05) is 6.92 Å². The first kappa shape index (κ1) is 12.4. The third-order valence-electron chi connectivity index (χ3n) is 2.17. The zero-order valence-corrected chi connectivity index (χ0v) is 10.6. The van der Waals surface area contributed by atoms with Crippen molar-refractivity contribution >= 4 is 26.0 Å². The largest absolute Gasteiger partial charge is 0.381 e. The molecule has 1 N–H and O–H groups in total. The van der Waals surface area contributed by atoms with E-state index in [1.165, 1.54) is 0 Å². The zero-order valence-electron chi connectivity index (χ0n) is 8.20. The number of nitrogens with one attached hydrogen (secondary N) is 1. The summed E-state index contributed by atoms with van der Waals surface area (Å²) in [6.07, 6.45) is 1.21. The fourth-order valence-electron chi connectivity index (χ4n) is 1.34. The monoisotopic (exact) mass is 285 g/mol. The number of hydrogen-bond donors (Lipinski definition) is 1. The SMILES string of the molecule is CC(Br)CNS(=O)(=O)C1CCOCC1. The predicted octanol–water partition coefficient (Wildman–Crippen LogP) is 0.868. The fraction of sp³-hybridized carbons (Fsp3) is 1.00. The lowest BCUT2D eigenvalue weighted by atomic mass is 10.2. The van der Waals surface area contributed by atoms with E-state index in [-0.39, 0.29) is 10.1 Å². The van der Waals surface area contributed by atoms with Crippen LogP contribution in [-0.4, -0.2) is 38.3 Å². The Labute approximate surface area is 93.6 Å². The van der Waals surface area contributed by atoms with Crippen molar-refractivity contribution in [3.05, 3.63) is 0 Å². The van der Waals surface area contributed by atoms with Crippen LogP contribution in [-0.2, 0) is 14.8 Å². The summed E-state index contributed by atoms with van der Waals surface area (Å²) in [5, 5.41) is -0.275. The lowest BCUT2D eigenvalue weighted by molar-refractivity contribution is 0.0981. The van der Waals surface area contributed by atoms with Crippen LogP contribution in [0.25, 0.3) is 0 Å². The van der Waals surface area contributed by atoms with Gasteiger partial charge in [0, 0.05) is 24.6 Å². The van der Waals surface area contributed by atoms with Crippen molar-refractivity contribution in [2.45, 2.75) is 29.8 Å². The Morgan fingerprint density at radius 3 is 2.57 bits per heavy atom. The summed E-state index contributed by atoms with van der Waals surface area (Å²) in [5.41, 5.74) is 0. The number of sulfonamides is 1. The molecule has 84 valence electrons. The average Bonchev–Trinajstić information content (AvgIpc) is 2.16. The Hall–Kier alpha value is 0.350. The van der Waals surface area contributed by atoms with Gasteiger partial charge in [-0.1, -0.05) is 22.9 Å². The highest BCUT2D eigenvalue weighted by molar-refractivity contribution is 9.09. The molecule has 0 saturated carbocycles. The molecule has 14 heavy (non-hydrogen) atoms. The molecule has 4 nitrogen and oxygen atoms in total. The van der Waals surface area contributed by atoms with Gasteiger partial charge < -0.3 is 4.74 Å². The Morgan fingerprint density at radius 2 is 2.07 bits per heavy atom. The van der Waals surface area contributed by atoms with Gasteiger partial charge in [-0.2, -0.15) is 0 Å². The molecule has 1 aliphatic heterocycles. The minimum atomic E-state index is -3.14. The zero-order chi connectivity index (χ0) is 10.6. The van der Waals surface area contributed by atoms with E-state index >= 15 is 0 Å². The van der Waals surface area contributed by atoms with E-state index in [2.05, 4.69) is 20.7 Å². The molecular weight excluding hydrogens is 270 g/mol. The van der Waals surface area contributed by atoms with Gasteiger partial charge in [-0.15, -0.1) is 0 Å². The number of halogens is 1. The van der Waals surface area contributed by atoms with Gasteiger partial charge in [0.2, 0.25) is 10.0 Å². The molecule has 0 aromatic heterocycles. The summed E-state index contributed by atoms with van der Waals surface area (Å²) >= 11 is 3.30. The summed E-state index contributed by atoms with van der Waals surface area (Å²) in [6.45, 7) is 3.46. The molecule has 0 radical (unpaired) electrons. The van der Waals surface area contributed by atoms with Crippen molar-refractivity contribution in [1.29, 1.82) is 0 Å². The van der Waals surface area contributed by atoms with Crippen LogP contribution in [0.4, 0.5) is 0 Å². The first-order chi connectivity index (χ1) is 6.52. The standard InChI is InChI=1S/C8H16BrNO3S/c1-7(9)6-10-14(11,12)8-2-4-13-5-3-8/h7-8,10H,2-6H2,1H3. The third kappa shape index (κ3) is 3.84. The molecule has 0 bridgehead atoms. The Morgan fingerprint density at radius 1 is 1.50 bits per heavy atom. The van der Waals surface area contributed by atoms with E-state index in [1.54, 1.807) is 0 Å². The molecule has 1 unspecified atom stereocenters. The van der Waals surface area contributed by atoms with Crippen LogP contribution in [0.15, 0.2) is 0 Å². The Bertz CT molecular complexity index is 260. The van der Waals surface area contributed by atoms with Gasteiger partial charge >= 0.3 is 0 Å². The quantitative estimate of drug-likeness (QED) is 0.780. The maximum Gasteiger partial charge on any atom is 0.214 e. The highest BCUT2D eigenvalue weighted by Gasteiger charge is 2.27. The third-order valence-corrected chi connectivity index (χ3v) is 4.41. The minimum absolute atomic E-state index is 0.164. The minimum Gasteiger partial charge on any atom is -0.381 e. The van der Waals surface area contributed by atoms with E-state index in [9.17, 15) is 8.42 Å². The second-order valence-corrected chi connectivity index (χ2v) is 7.09. The van der Waals surface area contributed by atoms with Crippen molar-refractivity contribution < 1.29 is 13.2 Å². The maximum atomic E-state index is 11.7. The maximum absolute atomic E-state index is 11.7. The number of rotatable bonds is 4. The molecule has 0 aliphatic carbocycles. The van der Waals surface area contributed by atoms with E-state index in [0.717, 1.165) is 0 Å². The van der Waals surface area contributed by atoms with Crippen LogP contribution >= 0.6 is 15.9 Å². The second kappa shape index (κ2) is 5.44. The van der Waals surface area contributed by atoms with Crippen molar-refractivity contribution in [2.75, 3.05) is 19.8 Å². The smallest absolute Gasteiger partial charge is 0.214 e. The number of hydrogen-bond acceptors (Lipinski definition) is 3. The highest BCUT2D eigenvalue weighted by Crippen LogP contribution is 2.14. The van der Waals surface area contributed by atoms with Crippen LogP contribution in [0.2, 0.25) is 0 Å². The molecule has 1 fully saturated rings. The highest BCUT2D eigenvalue weighted by atomic mass is 79.9. The fourth-order valence-corrected chi connectivity index (χ4v) is 3.24. The normalized spacial score (nSPS) is 22.1. The Balaban J connectivity index is 2.46. The molecule has 1 aliphatic rings. The molecule has 6 heteroatoms. The van der Waals surface area contributed by atoms with Gasteiger partial charge in [-0.3, -0.25) is 0 Å². The van der Waals surface area contributed by atoms with Crippen LogP contribution in [0.1, 0.15) is 19.8 Å². The molecular formula is C8H16BrNO3S. The first-order valence-electron chi connectivity index (χ1n) is 4.72. The van der Waals surface area contributed by atoms with Crippen LogP contribution in [0.3, 0.4) is 0 Å². The Kier molecular flexibility index (Phi) is 4.82. The van der Waals surface area contributed by atoms with Gasteiger partial charge in [-0.25, -0.2) is 13.1 Å². The van der Waals surface area contributed by atoms with E-state index in [0.29, 0.717) is 32.6 Å². The molecule has 1 atom stereocenters. The van der Waals surface area contributed by atoms with Crippen molar-refractivity contribution in [3.63, 3.8) is 0 Å². The van der Waals surface area contributed by atoms with Crippen LogP contribution < -0.4 is 4.72 Å². The lowest BCUT2D eigenvalue weighted by Crippen LogP contribution is -2.39. The number of alkyl halides is 1. The van der Waals surface area contributed by atoms with Crippen molar-refractivity contribution in [3.8, 4) is 0 Å². The number of ether oxygens (including phenoxy) is 1. The molecule has 0 aromatic carbocycles. The van der Waals surface area contributed by atoms with Gasteiger partial charge in [-0.05, 0) is 12.8 Å². The summed E-state index contributed by atoms with van der Waals surface area (Å²) in [6, 6.07) is 0. The average molecular weight is 286 g/mol. The molecule has 0 aromatic rings. The van der Waals surface area contributed by atoms with Gasteiger partial charge in [0.1, 0.15) is 0 Å². The van der Waals surface area contributed by atoms with E-state index in [4.69, 9.17) is 4.74 Å². The molecule has 0 spiro atoms. The topological polar surface area (TPSA) is 55.4 Å². The van der Waals surface area contributed by atoms with Gasteiger partial charge in [0.05, 0.1) is 5.25 Å². The van der Waals surface area contributed by atoms with Gasteiger partial charge in [0.15, 0.2) is 0 Å². The first-order valence-corrected chi connectivity index (χ1v) is 7.19. The molecule has 1 rings (SSSR count). The summed E-state index contributed by atoms with van der Waals surface area (Å²) in [7, 11) is -3.14. The lowest BCUT2D eigenvalue weighted by Gasteiger charge is -2.22. The summed E-state index contributed by atoms with van der Waals surface area (Å²) in [5.74, 6) is 0. The second-order valence-electron chi connectivity index (χ2n) is 3.49. The van der Waals surface area contributed by atoms with Crippen LogP contribution in [0, 0.1) is 0 Å². The predicted molar refractivity (Wildman–Crippen MR) is 59.2 cm³/mol. The summed E-state index contributed by atoms with van der Waals surface area (Å²) < 4.78 is 31.1. The van der Waals surface area contributed by atoms with Crippen LogP contribution in [0.5, 0.6) is 0 Å². The van der Waals surface area contributed by atoms with Crippen molar-refractivity contribution in [1.82, 2.24) is 4.72 Å². The van der Waals surface area contributed by atoms with Crippen molar-refractivity contribution in [2.24, 2.45) is 0 Å².